The number of amides is 1. The number of ether oxygens (including phenoxy) is 4. The Morgan fingerprint density at radius 2 is 0.859 bits per heavy atom. The molecule has 0 aromatic heterocycles. The molecule has 12 unspecified atom stereocenters. The van der Waals surface area contributed by atoms with E-state index in [2.05, 4.69) is 79.9 Å². The molecule has 0 aromatic carbocycles. The van der Waals surface area contributed by atoms with Crippen LogP contribution in [0.25, 0.3) is 0 Å². The lowest BCUT2D eigenvalue weighted by molar-refractivity contribution is -0.359. The lowest BCUT2D eigenvalue weighted by atomic mass is 9.97. The van der Waals surface area contributed by atoms with Gasteiger partial charge in [-0.1, -0.05) is 215 Å². The first-order chi connectivity index (χ1) is 38.1. The van der Waals surface area contributed by atoms with E-state index < -0.39 is 86.8 Å². The van der Waals surface area contributed by atoms with Crippen LogP contribution in [0.4, 0.5) is 0 Å². The minimum Gasteiger partial charge on any atom is -0.394 e. The zero-order chi connectivity index (χ0) is 56.7. The van der Waals surface area contributed by atoms with Crippen molar-refractivity contribution in [2.45, 2.75) is 306 Å². The van der Waals surface area contributed by atoms with Crippen molar-refractivity contribution in [3.8, 4) is 0 Å². The Balaban J connectivity index is 1.78. The number of aliphatic hydroxyl groups excluding tert-OH is 8. The number of aliphatic hydroxyl groups is 8. The highest BCUT2D eigenvalue weighted by atomic mass is 16.7. The molecule has 0 bridgehead atoms. The van der Waals surface area contributed by atoms with Crippen molar-refractivity contribution in [1.29, 1.82) is 0 Å². The second-order valence-electron chi connectivity index (χ2n) is 21.8. The smallest absolute Gasteiger partial charge is 0.220 e. The summed E-state index contributed by atoms with van der Waals surface area (Å²) < 4.78 is 22.8. The zero-order valence-corrected chi connectivity index (χ0v) is 48.6. The molecule has 9 N–H and O–H groups in total. The molecule has 1 amide bonds. The average molecular weight is 1100 g/mol. The molecule has 2 aliphatic heterocycles. The third-order valence-corrected chi connectivity index (χ3v) is 14.8. The number of rotatable bonds is 49. The van der Waals surface area contributed by atoms with Crippen LogP contribution in [0.3, 0.4) is 0 Å². The molecule has 2 heterocycles. The van der Waals surface area contributed by atoms with Gasteiger partial charge in [-0.25, -0.2) is 0 Å². The number of unbranched alkanes of at least 4 members (excludes halogenated alkanes) is 26. The van der Waals surface area contributed by atoms with Gasteiger partial charge in [-0.3, -0.25) is 4.79 Å². The number of allylic oxidation sites excluding steroid dienone is 11. The quantitative estimate of drug-likeness (QED) is 0.0204. The van der Waals surface area contributed by atoms with Crippen molar-refractivity contribution < 1.29 is 64.6 Å². The van der Waals surface area contributed by atoms with E-state index in [9.17, 15) is 45.6 Å². The van der Waals surface area contributed by atoms with E-state index in [1.807, 2.05) is 6.08 Å². The molecule has 452 valence electrons. The van der Waals surface area contributed by atoms with Crippen molar-refractivity contribution in [1.82, 2.24) is 5.32 Å². The average Bonchev–Trinajstić information content (AvgIpc) is 3.48. The van der Waals surface area contributed by atoms with Crippen LogP contribution in [0.1, 0.15) is 232 Å². The van der Waals surface area contributed by atoms with Crippen LogP contribution in [0.15, 0.2) is 72.9 Å². The fraction of sp³-hybridized carbons (Fsp3) is 0.797. The van der Waals surface area contributed by atoms with Crippen LogP contribution < -0.4 is 5.32 Å². The Morgan fingerprint density at radius 3 is 1.35 bits per heavy atom. The van der Waals surface area contributed by atoms with Crippen LogP contribution in [0.5, 0.6) is 0 Å². The number of carbonyl (C=O) groups excluding carboxylic acids is 1. The van der Waals surface area contributed by atoms with Gasteiger partial charge in [0.05, 0.1) is 32.0 Å². The van der Waals surface area contributed by atoms with Gasteiger partial charge >= 0.3 is 0 Å². The fourth-order valence-electron chi connectivity index (χ4n) is 9.80. The minimum atomic E-state index is -1.80. The summed E-state index contributed by atoms with van der Waals surface area (Å²) in [7, 11) is 0. The summed E-state index contributed by atoms with van der Waals surface area (Å²) in [5, 5.41) is 87.2. The fourth-order valence-corrected chi connectivity index (χ4v) is 9.80. The summed E-state index contributed by atoms with van der Waals surface area (Å²) in [6.07, 6.45) is 47.9. The van der Waals surface area contributed by atoms with Gasteiger partial charge in [-0.05, 0) is 83.5 Å². The molecule has 0 aliphatic carbocycles. The Morgan fingerprint density at radius 1 is 0.462 bits per heavy atom. The third kappa shape index (κ3) is 34.0. The predicted octanol–water partition coefficient (Wildman–Crippen LogP) is 11.1. The van der Waals surface area contributed by atoms with Crippen LogP contribution >= 0.6 is 0 Å². The first kappa shape index (κ1) is 71.5. The van der Waals surface area contributed by atoms with Gasteiger partial charge < -0.3 is 65.1 Å². The summed E-state index contributed by atoms with van der Waals surface area (Å²) in [6, 6.07) is -0.946. The van der Waals surface area contributed by atoms with Crippen LogP contribution in [0.2, 0.25) is 0 Å². The maximum atomic E-state index is 13.3. The van der Waals surface area contributed by atoms with Gasteiger partial charge in [0.25, 0.3) is 0 Å². The Kier molecular flexibility index (Phi) is 45.0. The standard InChI is InChI=1S/C64H113NO13/c1-3-5-7-9-11-13-15-17-19-21-23-25-26-28-30-32-34-36-38-40-42-44-46-48-56(69)65-52(53(68)47-45-43-41-39-37-35-33-31-29-27-24-22-20-18-16-14-12-10-8-6-4-2)51-75-63-61(74)59(72)62(55(50-67)77-63)78-64-60(73)58(71)57(70)54(49-66)76-64/h15,17,21,23,26,28-29,31,37,39,45,47,52-55,57-64,66-68,70-74H,3-14,16,18-20,22,24-25,27,30,32-36,38,40-44,46,48-51H2,1-2H3,(H,65,69)/b17-15-,23-21-,28-26-,31-29+,39-37+,47-45+. The van der Waals surface area contributed by atoms with Gasteiger partial charge in [0.15, 0.2) is 12.6 Å². The second-order valence-corrected chi connectivity index (χ2v) is 21.8. The first-order valence-corrected chi connectivity index (χ1v) is 31.2. The number of nitrogens with one attached hydrogen (secondary N) is 1. The van der Waals surface area contributed by atoms with E-state index in [1.165, 1.54) is 128 Å². The largest absolute Gasteiger partial charge is 0.394 e. The molecule has 0 radical (unpaired) electrons. The van der Waals surface area contributed by atoms with Crippen LogP contribution in [-0.2, 0) is 23.7 Å². The molecule has 0 saturated carbocycles. The lowest BCUT2D eigenvalue weighted by Crippen LogP contribution is -2.65. The molecular formula is C64H113NO13. The maximum absolute atomic E-state index is 13.3. The van der Waals surface area contributed by atoms with Gasteiger partial charge in [0, 0.05) is 6.42 Å². The summed E-state index contributed by atoms with van der Waals surface area (Å²) in [4.78, 5) is 13.3. The molecule has 2 saturated heterocycles. The van der Waals surface area contributed by atoms with Crippen molar-refractivity contribution in [2.24, 2.45) is 0 Å². The Bertz CT molecular complexity index is 1580. The predicted molar refractivity (Wildman–Crippen MR) is 313 cm³/mol. The molecular weight excluding hydrogens is 991 g/mol. The maximum Gasteiger partial charge on any atom is 0.220 e. The first-order valence-electron chi connectivity index (χ1n) is 31.2. The molecule has 14 heteroatoms. The summed E-state index contributed by atoms with van der Waals surface area (Å²) >= 11 is 0. The second kappa shape index (κ2) is 49.1. The van der Waals surface area contributed by atoms with Crippen molar-refractivity contribution >= 4 is 5.91 Å². The third-order valence-electron chi connectivity index (χ3n) is 14.8. The normalized spacial score (nSPS) is 25.1. The van der Waals surface area contributed by atoms with Crippen LogP contribution in [0, 0.1) is 0 Å². The van der Waals surface area contributed by atoms with Crippen molar-refractivity contribution in [2.75, 3.05) is 19.8 Å². The van der Waals surface area contributed by atoms with E-state index in [1.54, 1.807) is 6.08 Å². The molecule has 12 atom stereocenters. The SMILES string of the molecule is CCCCCCC/C=C\C/C=C\C/C=C\CCCCCCCCCCC(=O)NC(COC1OC(CO)C(OC2OC(CO)C(O)C(O)C2O)C(O)C1O)C(O)/C=C/CC/C=C/CC/C=C/CCCCCCCCCCCCC. The highest BCUT2D eigenvalue weighted by Crippen LogP contribution is 2.30. The Labute approximate surface area is 472 Å². The zero-order valence-electron chi connectivity index (χ0n) is 48.6. The molecule has 2 rings (SSSR count). The van der Waals surface area contributed by atoms with Crippen molar-refractivity contribution in [3.63, 3.8) is 0 Å². The number of hydrogen-bond donors (Lipinski definition) is 9. The van der Waals surface area contributed by atoms with Gasteiger partial charge in [0.1, 0.15) is 48.8 Å². The number of hydrogen-bond acceptors (Lipinski definition) is 13. The van der Waals surface area contributed by atoms with E-state index in [-0.39, 0.29) is 18.9 Å². The highest BCUT2D eigenvalue weighted by molar-refractivity contribution is 5.76. The van der Waals surface area contributed by atoms with Gasteiger partial charge in [0.2, 0.25) is 5.91 Å². The van der Waals surface area contributed by atoms with Gasteiger partial charge in [-0.2, -0.15) is 0 Å². The van der Waals surface area contributed by atoms with Crippen LogP contribution in [-0.4, -0.2) is 140 Å². The molecule has 78 heavy (non-hydrogen) atoms. The minimum absolute atomic E-state index is 0.258. The molecule has 0 aromatic rings. The molecule has 0 spiro atoms. The lowest BCUT2D eigenvalue weighted by Gasteiger charge is -2.46. The molecule has 2 fully saturated rings. The molecule has 14 nitrogen and oxygen atoms in total. The summed E-state index contributed by atoms with van der Waals surface area (Å²) in [6.45, 7) is 2.76. The van der Waals surface area contributed by atoms with Crippen molar-refractivity contribution in [3.05, 3.63) is 72.9 Å². The number of carbonyl (C=O) groups is 1. The topological polar surface area (TPSA) is 228 Å². The van der Waals surface area contributed by atoms with E-state index >= 15 is 0 Å². The summed E-state index contributed by atoms with van der Waals surface area (Å²) in [5.41, 5.74) is 0. The van der Waals surface area contributed by atoms with E-state index in [0.717, 1.165) is 70.6 Å². The van der Waals surface area contributed by atoms with Gasteiger partial charge in [-0.15, -0.1) is 0 Å². The molecule has 2 aliphatic rings. The summed E-state index contributed by atoms with van der Waals surface area (Å²) in [5.74, 6) is -0.262. The highest BCUT2D eigenvalue weighted by Gasteiger charge is 2.51. The monoisotopic (exact) mass is 1100 g/mol. The van der Waals surface area contributed by atoms with E-state index in [0.29, 0.717) is 12.8 Å². The Hall–Kier alpha value is -2.57. The van der Waals surface area contributed by atoms with E-state index in [4.69, 9.17) is 18.9 Å².